The van der Waals surface area contributed by atoms with Crippen molar-refractivity contribution in [3.63, 3.8) is 0 Å². The first kappa shape index (κ1) is 26.2. The molecule has 4 aromatic rings. The van der Waals surface area contributed by atoms with Crippen LogP contribution >= 0.6 is 23.2 Å². The highest BCUT2D eigenvalue weighted by molar-refractivity contribution is 6.36. The molecule has 1 amide bonds. The van der Waals surface area contributed by atoms with Crippen molar-refractivity contribution in [2.45, 2.75) is 32.3 Å². The van der Waals surface area contributed by atoms with Gasteiger partial charge < -0.3 is 19.5 Å². The maximum atomic E-state index is 13.7. The van der Waals surface area contributed by atoms with E-state index in [1.165, 1.54) is 13.0 Å². The molecule has 0 bridgehead atoms. The lowest BCUT2D eigenvalue weighted by Crippen LogP contribution is -2.30. The number of carbonyl (C=O) groups excluding carboxylic acids is 2. The first-order chi connectivity index (χ1) is 19.4. The van der Waals surface area contributed by atoms with Gasteiger partial charge in [0.25, 0.3) is 5.91 Å². The second kappa shape index (κ2) is 10.8. The Labute approximate surface area is 240 Å². The predicted molar refractivity (Wildman–Crippen MR) is 155 cm³/mol. The lowest BCUT2D eigenvalue weighted by molar-refractivity contribution is -0.123. The Hall–Kier alpha value is -4.07. The van der Waals surface area contributed by atoms with Crippen molar-refractivity contribution in [2.24, 2.45) is 0 Å². The van der Waals surface area contributed by atoms with Crippen LogP contribution in [-0.2, 0) is 16.0 Å². The monoisotopic (exact) mass is 574 g/mol. The second-order valence-corrected chi connectivity index (χ2v) is 10.5. The molecular weight excluding hydrogens is 551 g/mol. The van der Waals surface area contributed by atoms with E-state index in [1.807, 2.05) is 42.5 Å². The number of anilines is 1. The van der Waals surface area contributed by atoms with Gasteiger partial charge in [0.15, 0.2) is 17.6 Å². The Morgan fingerprint density at radius 2 is 1.85 bits per heavy atom. The number of allylic oxidation sites excluding steroid dienone is 1. The molecule has 1 atom stereocenters. The number of para-hydroxylation sites is 1. The quantitative estimate of drug-likeness (QED) is 0.251. The molecule has 1 unspecified atom stereocenters. The number of carbonyl (C=O) groups is 2. The van der Waals surface area contributed by atoms with E-state index in [9.17, 15) is 9.59 Å². The molecule has 40 heavy (non-hydrogen) atoms. The first-order valence-electron chi connectivity index (χ1n) is 12.9. The molecule has 0 saturated heterocycles. The van der Waals surface area contributed by atoms with Gasteiger partial charge in [-0.2, -0.15) is 0 Å². The largest absolute Gasteiger partial charge is 0.454 e. The summed E-state index contributed by atoms with van der Waals surface area (Å²) in [6.07, 6.45) is 3.31. The zero-order chi connectivity index (χ0) is 27.8. The fourth-order valence-electron chi connectivity index (χ4n) is 5.01. The van der Waals surface area contributed by atoms with Crippen LogP contribution in [0.2, 0.25) is 10.0 Å². The molecule has 1 aliphatic heterocycles. The number of rotatable bonds is 5. The van der Waals surface area contributed by atoms with E-state index in [4.69, 9.17) is 42.4 Å². The number of benzene rings is 3. The van der Waals surface area contributed by atoms with Crippen molar-refractivity contribution < 1.29 is 23.8 Å². The summed E-state index contributed by atoms with van der Waals surface area (Å²) in [5.41, 5.74) is 5.04. The van der Waals surface area contributed by atoms with Crippen LogP contribution in [0.25, 0.3) is 22.6 Å². The number of pyridine rings is 1. The van der Waals surface area contributed by atoms with Crippen LogP contribution in [0.3, 0.4) is 0 Å². The number of fused-ring (bicyclic) bond motifs is 3. The summed E-state index contributed by atoms with van der Waals surface area (Å²) in [5, 5.41) is 4.12. The summed E-state index contributed by atoms with van der Waals surface area (Å²) in [5.74, 6) is 0.335. The first-order valence-corrected chi connectivity index (χ1v) is 13.6. The average molecular weight is 575 g/mol. The Balaban J connectivity index is 1.33. The molecule has 202 valence electrons. The number of nitrogens with one attached hydrogen (secondary N) is 1. The van der Waals surface area contributed by atoms with E-state index < -0.39 is 18.0 Å². The topological polar surface area (TPSA) is 86.8 Å². The van der Waals surface area contributed by atoms with E-state index in [-0.39, 0.29) is 11.8 Å². The van der Waals surface area contributed by atoms with E-state index >= 15 is 0 Å². The Kier molecular flexibility index (Phi) is 7.09. The van der Waals surface area contributed by atoms with Crippen molar-refractivity contribution in [1.29, 1.82) is 0 Å². The van der Waals surface area contributed by atoms with Crippen LogP contribution in [-0.4, -0.2) is 29.8 Å². The molecule has 7 nitrogen and oxygen atoms in total. The molecule has 0 fully saturated rings. The average Bonchev–Trinajstić information content (AvgIpc) is 3.41. The number of esters is 1. The molecule has 9 heteroatoms. The molecule has 1 N–H and O–H groups in total. The van der Waals surface area contributed by atoms with Crippen LogP contribution in [0.4, 0.5) is 5.69 Å². The minimum absolute atomic E-state index is 0.209. The van der Waals surface area contributed by atoms with Crippen molar-refractivity contribution in [2.75, 3.05) is 12.1 Å². The van der Waals surface area contributed by atoms with Gasteiger partial charge in [0.2, 0.25) is 6.79 Å². The summed E-state index contributed by atoms with van der Waals surface area (Å²) < 4.78 is 16.7. The zero-order valence-corrected chi connectivity index (χ0v) is 23.0. The lowest BCUT2D eigenvalue weighted by atomic mass is 9.86. The molecule has 0 spiro atoms. The number of amides is 1. The molecular formula is C31H24Cl2N2O5. The molecule has 6 rings (SSSR count). The summed E-state index contributed by atoms with van der Waals surface area (Å²) in [6.45, 7) is 1.73. The SMILES string of the molecule is CC(OC(=O)c1c2c(nc3ccccc13)C(=Cc1ccc3c(c1)OCO3)CCC2)C(=O)Nc1ccc(Cl)cc1Cl. The number of nitrogens with zero attached hydrogens (tertiary/aromatic N) is 1. The van der Waals surface area contributed by atoms with E-state index in [1.54, 1.807) is 12.1 Å². The predicted octanol–water partition coefficient (Wildman–Crippen LogP) is 7.33. The van der Waals surface area contributed by atoms with Gasteiger partial charge in [0.1, 0.15) is 0 Å². The standard InChI is InChI=1S/C31H24Cl2N2O5/c1-17(30(36)35-25-11-10-20(32)15-23(25)33)40-31(37)28-21-6-2-3-8-24(21)34-29-19(5-4-7-22(28)29)13-18-9-12-26-27(14-18)39-16-38-26/h2-3,6,8-15,17H,4-5,7,16H2,1H3,(H,35,36). The number of halogens is 2. The van der Waals surface area contributed by atoms with Gasteiger partial charge in [0, 0.05) is 10.4 Å². The normalized spacial score (nSPS) is 15.5. The van der Waals surface area contributed by atoms with Crippen LogP contribution in [0.1, 0.15) is 46.9 Å². The summed E-state index contributed by atoms with van der Waals surface area (Å²) >= 11 is 12.1. The fraction of sp³-hybridized carbons (Fsp3) is 0.194. The number of hydrogen-bond acceptors (Lipinski definition) is 6. The molecule has 1 aliphatic carbocycles. The molecule has 2 heterocycles. The van der Waals surface area contributed by atoms with E-state index in [2.05, 4.69) is 11.4 Å². The maximum absolute atomic E-state index is 13.7. The Morgan fingerprint density at radius 1 is 1.02 bits per heavy atom. The maximum Gasteiger partial charge on any atom is 0.339 e. The van der Waals surface area contributed by atoms with Gasteiger partial charge >= 0.3 is 5.97 Å². The molecule has 3 aromatic carbocycles. The Bertz CT molecular complexity index is 1700. The third kappa shape index (κ3) is 5.10. The van der Waals surface area contributed by atoms with Gasteiger partial charge in [-0.3, -0.25) is 4.79 Å². The van der Waals surface area contributed by atoms with Gasteiger partial charge in [-0.25, -0.2) is 9.78 Å². The van der Waals surface area contributed by atoms with Crippen LogP contribution in [0.15, 0.2) is 60.7 Å². The summed E-state index contributed by atoms with van der Waals surface area (Å²) in [6, 6.07) is 18.0. The summed E-state index contributed by atoms with van der Waals surface area (Å²) in [7, 11) is 0. The highest BCUT2D eigenvalue weighted by Gasteiger charge is 2.28. The lowest BCUT2D eigenvalue weighted by Gasteiger charge is -2.23. The van der Waals surface area contributed by atoms with Crippen molar-refractivity contribution in [1.82, 2.24) is 4.98 Å². The molecule has 0 radical (unpaired) electrons. The second-order valence-electron chi connectivity index (χ2n) is 9.63. The molecule has 2 aliphatic rings. The summed E-state index contributed by atoms with van der Waals surface area (Å²) in [4.78, 5) is 31.5. The van der Waals surface area contributed by atoms with Crippen LogP contribution < -0.4 is 14.8 Å². The minimum Gasteiger partial charge on any atom is -0.454 e. The smallest absolute Gasteiger partial charge is 0.339 e. The number of ether oxygens (including phenoxy) is 3. The fourth-order valence-corrected chi connectivity index (χ4v) is 5.47. The van der Waals surface area contributed by atoms with Crippen molar-refractivity contribution in [3.05, 3.63) is 93.1 Å². The van der Waals surface area contributed by atoms with Gasteiger partial charge in [-0.1, -0.05) is 47.5 Å². The molecule has 0 saturated carbocycles. The van der Waals surface area contributed by atoms with Gasteiger partial charge in [-0.05, 0) is 85.4 Å². The number of hydrogen-bond donors (Lipinski definition) is 1. The zero-order valence-electron chi connectivity index (χ0n) is 21.5. The van der Waals surface area contributed by atoms with E-state index in [0.717, 1.165) is 41.0 Å². The minimum atomic E-state index is -1.07. The highest BCUT2D eigenvalue weighted by atomic mass is 35.5. The third-order valence-electron chi connectivity index (χ3n) is 6.95. The van der Waals surface area contributed by atoms with Gasteiger partial charge in [0.05, 0.1) is 27.5 Å². The highest BCUT2D eigenvalue weighted by Crippen LogP contribution is 2.38. The van der Waals surface area contributed by atoms with Crippen LogP contribution in [0, 0.1) is 0 Å². The van der Waals surface area contributed by atoms with Crippen molar-refractivity contribution >= 4 is 63.3 Å². The van der Waals surface area contributed by atoms with Gasteiger partial charge in [-0.15, -0.1) is 0 Å². The van der Waals surface area contributed by atoms with Crippen LogP contribution in [0.5, 0.6) is 11.5 Å². The Morgan fingerprint density at radius 3 is 2.70 bits per heavy atom. The third-order valence-corrected chi connectivity index (χ3v) is 7.50. The number of aromatic nitrogens is 1. The molecule has 1 aromatic heterocycles. The van der Waals surface area contributed by atoms with E-state index in [0.29, 0.717) is 39.3 Å². The van der Waals surface area contributed by atoms with Crippen molar-refractivity contribution in [3.8, 4) is 11.5 Å².